The Morgan fingerprint density at radius 2 is 1.57 bits per heavy atom. The molecule has 1 unspecified atom stereocenters. The van der Waals surface area contributed by atoms with Crippen molar-refractivity contribution in [3.63, 3.8) is 0 Å². The zero-order valence-corrected chi connectivity index (χ0v) is 35.2. The summed E-state index contributed by atoms with van der Waals surface area (Å²) in [6, 6.07) is 39.1. The maximum absolute atomic E-state index is 6.54. The Bertz CT molecular complexity index is 2360. The number of aromatic nitrogens is 4. The zero-order chi connectivity index (χ0) is 37.3. The Balaban J connectivity index is 0.00000497. The van der Waals surface area contributed by atoms with Crippen molar-refractivity contribution in [3.8, 4) is 34.1 Å². The smallest absolute Gasteiger partial charge is 0.509 e. The number of aryl methyl sites for hydroxylation is 2. The third-order valence-electron chi connectivity index (χ3n) is 10.4. The normalized spacial score (nSPS) is 12.4. The van der Waals surface area contributed by atoms with Gasteiger partial charge in [0.15, 0.2) is 0 Å². The van der Waals surface area contributed by atoms with Crippen LogP contribution in [-0.4, -0.2) is 19.3 Å². The van der Waals surface area contributed by atoms with Gasteiger partial charge in [-0.2, -0.15) is 17.2 Å². The van der Waals surface area contributed by atoms with E-state index in [9.17, 15) is 0 Å². The summed E-state index contributed by atoms with van der Waals surface area (Å²) in [5.41, 5.74) is 10.1. The minimum Gasteiger partial charge on any atom is -0.509 e. The first-order chi connectivity index (χ1) is 25.4. The molecule has 0 spiro atoms. The molecular weight excluding hydrogens is 844 g/mol. The Kier molecular flexibility index (Phi) is 12.0. The number of hydrogen-bond acceptors (Lipinski definition) is 3. The van der Waals surface area contributed by atoms with E-state index in [-0.39, 0.29) is 26.5 Å². The number of pyridine rings is 1. The zero-order valence-electron chi connectivity index (χ0n) is 32.9. The number of rotatable bonds is 12. The SMILES string of the molecule is Cc1nn(-c2[c-]c(Oc3[c-]c4c(cc3)c3cc(C(C)CCCC(C)C)ccc3n4-c3cc(CCC(C)(C)C)ccn3)ccc2)c(C)c1-c1ccccc1.[Pt+2]. The molecule has 54 heavy (non-hydrogen) atoms. The molecule has 0 radical (unpaired) electrons. The van der Waals surface area contributed by atoms with Gasteiger partial charge in [0.05, 0.1) is 5.69 Å². The number of nitrogens with zero attached hydrogens (tertiary/aromatic N) is 4. The Hall–Kier alpha value is -4.47. The van der Waals surface area contributed by atoms with Crippen molar-refractivity contribution in [1.82, 2.24) is 19.3 Å². The summed E-state index contributed by atoms with van der Waals surface area (Å²) in [4.78, 5) is 4.93. The molecule has 0 saturated carbocycles. The standard InChI is InChI=1S/C48H52N4O.Pt/c1-32(2)14-12-15-33(3)38-20-23-44-43(29-38)42-22-21-41(31-45(42)51(44)46-28-36(25-27-49-46)24-26-48(6,7)8)53-40-19-13-18-39(30-40)52-35(5)47(34(4)50-52)37-16-10-9-11-17-37;/h9-11,13,16-23,25,27-29,32-33H,12,14-15,24,26H2,1-8H3;/q-2;+2. The van der Waals surface area contributed by atoms with Crippen LogP contribution in [0.2, 0.25) is 0 Å². The number of ether oxygens (including phenoxy) is 1. The van der Waals surface area contributed by atoms with Gasteiger partial charge in [-0.1, -0.05) is 102 Å². The molecule has 0 bridgehead atoms. The Morgan fingerprint density at radius 3 is 2.33 bits per heavy atom. The van der Waals surface area contributed by atoms with E-state index < -0.39 is 0 Å². The summed E-state index contributed by atoms with van der Waals surface area (Å²) in [7, 11) is 0. The fraction of sp³-hybridized carbons (Fsp3) is 0.333. The predicted molar refractivity (Wildman–Crippen MR) is 220 cm³/mol. The fourth-order valence-corrected chi connectivity index (χ4v) is 7.44. The van der Waals surface area contributed by atoms with Crippen LogP contribution < -0.4 is 4.74 Å². The molecule has 0 aliphatic carbocycles. The molecule has 4 aromatic carbocycles. The van der Waals surface area contributed by atoms with Crippen LogP contribution in [0.4, 0.5) is 0 Å². The van der Waals surface area contributed by atoms with Crippen LogP contribution in [0.25, 0.3) is 44.4 Å². The van der Waals surface area contributed by atoms with Crippen molar-refractivity contribution >= 4 is 21.8 Å². The van der Waals surface area contributed by atoms with E-state index in [1.165, 1.54) is 35.8 Å². The van der Waals surface area contributed by atoms with Crippen LogP contribution in [0, 0.1) is 37.3 Å². The summed E-state index contributed by atoms with van der Waals surface area (Å²) in [5, 5.41) is 7.26. The largest absolute Gasteiger partial charge is 2.00 e. The number of benzene rings is 4. The van der Waals surface area contributed by atoms with E-state index in [2.05, 4.69) is 133 Å². The van der Waals surface area contributed by atoms with Crippen LogP contribution >= 0.6 is 0 Å². The summed E-state index contributed by atoms with van der Waals surface area (Å²) in [6.45, 7) is 18.0. The molecule has 7 aromatic rings. The molecular formula is C48H52N4OPt. The Morgan fingerprint density at radius 1 is 0.796 bits per heavy atom. The van der Waals surface area contributed by atoms with Gasteiger partial charge in [0.2, 0.25) is 0 Å². The molecule has 3 aromatic heterocycles. The van der Waals surface area contributed by atoms with Crippen molar-refractivity contribution in [1.29, 1.82) is 0 Å². The van der Waals surface area contributed by atoms with Gasteiger partial charge in [0.25, 0.3) is 0 Å². The maximum atomic E-state index is 6.54. The second kappa shape index (κ2) is 16.5. The first-order valence-electron chi connectivity index (χ1n) is 19.2. The van der Waals surface area contributed by atoms with E-state index in [0.717, 1.165) is 69.2 Å². The predicted octanol–water partition coefficient (Wildman–Crippen LogP) is 12.9. The van der Waals surface area contributed by atoms with Gasteiger partial charge in [-0.25, -0.2) is 4.98 Å². The van der Waals surface area contributed by atoms with Gasteiger partial charge in [-0.3, -0.25) is 4.68 Å². The molecule has 7 rings (SSSR count). The molecule has 6 heteroatoms. The van der Waals surface area contributed by atoms with Gasteiger partial charge in [-0.05, 0) is 96.3 Å². The second-order valence-corrected chi connectivity index (χ2v) is 16.3. The quantitative estimate of drug-likeness (QED) is 0.115. The van der Waals surface area contributed by atoms with Crippen LogP contribution in [0.1, 0.15) is 95.7 Å². The molecule has 0 aliphatic rings. The van der Waals surface area contributed by atoms with Crippen molar-refractivity contribution in [2.75, 3.05) is 0 Å². The van der Waals surface area contributed by atoms with E-state index in [4.69, 9.17) is 14.8 Å². The van der Waals surface area contributed by atoms with Gasteiger partial charge in [-0.15, -0.1) is 35.7 Å². The van der Waals surface area contributed by atoms with Crippen LogP contribution in [0.5, 0.6) is 11.5 Å². The van der Waals surface area contributed by atoms with E-state index in [0.29, 0.717) is 17.4 Å². The minimum atomic E-state index is 0. The molecule has 3 heterocycles. The van der Waals surface area contributed by atoms with Gasteiger partial charge < -0.3 is 9.30 Å². The topological polar surface area (TPSA) is 44.9 Å². The van der Waals surface area contributed by atoms with Crippen LogP contribution in [-0.2, 0) is 27.5 Å². The molecule has 0 fully saturated rings. The molecule has 1 atom stereocenters. The van der Waals surface area contributed by atoms with E-state index in [1.54, 1.807) is 0 Å². The number of fused-ring (bicyclic) bond motifs is 3. The minimum absolute atomic E-state index is 0. The molecule has 0 saturated heterocycles. The third kappa shape index (κ3) is 8.58. The average molecular weight is 896 g/mol. The number of hydrogen-bond donors (Lipinski definition) is 0. The molecule has 5 nitrogen and oxygen atoms in total. The van der Waals surface area contributed by atoms with E-state index >= 15 is 0 Å². The first-order valence-corrected chi connectivity index (χ1v) is 19.2. The van der Waals surface area contributed by atoms with Gasteiger partial charge in [0, 0.05) is 34.5 Å². The average Bonchev–Trinajstić information content (AvgIpc) is 3.62. The Labute approximate surface area is 336 Å². The van der Waals surface area contributed by atoms with Gasteiger partial charge in [0.1, 0.15) is 5.82 Å². The van der Waals surface area contributed by atoms with E-state index in [1.807, 2.05) is 41.2 Å². The molecule has 0 N–H and O–H groups in total. The third-order valence-corrected chi connectivity index (χ3v) is 10.4. The summed E-state index contributed by atoms with van der Waals surface area (Å²) >= 11 is 0. The van der Waals surface area contributed by atoms with Crippen LogP contribution in [0.3, 0.4) is 0 Å². The fourth-order valence-electron chi connectivity index (χ4n) is 7.44. The molecule has 0 amide bonds. The second-order valence-electron chi connectivity index (χ2n) is 16.3. The summed E-state index contributed by atoms with van der Waals surface area (Å²) < 4.78 is 10.7. The monoisotopic (exact) mass is 895 g/mol. The van der Waals surface area contributed by atoms with Crippen molar-refractivity contribution in [2.45, 2.75) is 93.4 Å². The summed E-state index contributed by atoms with van der Waals surface area (Å²) in [5.74, 6) is 3.34. The van der Waals surface area contributed by atoms with Crippen molar-refractivity contribution in [2.24, 2.45) is 11.3 Å². The van der Waals surface area contributed by atoms with Crippen molar-refractivity contribution in [3.05, 3.63) is 132 Å². The van der Waals surface area contributed by atoms with Crippen LogP contribution in [0.15, 0.2) is 97.2 Å². The van der Waals surface area contributed by atoms with Gasteiger partial charge >= 0.3 is 21.1 Å². The maximum Gasteiger partial charge on any atom is 2.00 e. The molecule has 280 valence electrons. The molecule has 0 aliphatic heterocycles. The first kappa shape index (κ1) is 39.2. The van der Waals surface area contributed by atoms with Crippen molar-refractivity contribution < 1.29 is 25.8 Å². The summed E-state index contributed by atoms with van der Waals surface area (Å²) in [6.07, 6.45) is 7.73.